The van der Waals surface area contributed by atoms with Gasteiger partial charge in [0.1, 0.15) is 6.04 Å². The van der Waals surface area contributed by atoms with Gasteiger partial charge in [0.2, 0.25) is 6.41 Å². The lowest BCUT2D eigenvalue weighted by molar-refractivity contribution is -0.141. The van der Waals surface area contributed by atoms with Crippen molar-refractivity contribution in [3.63, 3.8) is 0 Å². The van der Waals surface area contributed by atoms with Crippen LogP contribution in [0.25, 0.3) is 0 Å². The van der Waals surface area contributed by atoms with Crippen LogP contribution in [0.1, 0.15) is 6.92 Å². The average molecular weight is 207 g/mol. The number of rotatable bonds is 4. The molecule has 0 aromatic heterocycles. The number of carbonyl (C=O) groups excluding carboxylic acids is 1. The van der Waals surface area contributed by atoms with Crippen molar-refractivity contribution < 1.29 is 14.7 Å². The summed E-state index contributed by atoms with van der Waals surface area (Å²) in [6.07, 6.45) is 9.45. The Labute approximate surface area is 88.0 Å². The third kappa shape index (κ3) is 3.09. The number of carboxylic acid groups (broad SMARTS) is 1. The molecule has 2 N–H and O–H groups in total. The zero-order valence-electron chi connectivity index (χ0n) is 8.38. The van der Waals surface area contributed by atoms with E-state index in [1.54, 1.807) is 18.2 Å². The number of carboxylic acids is 1. The second-order valence-electron chi connectivity index (χ2n) is 3.33. The minimum Gasteiger partial charge on any atom is -0.480 e. The third-order valence-electron chi connectivity index (χ3n) is 2.17. The van der Waals surface area contributed by atoms with Gasteiger partial charge >= 0.3 is 5.97 Å². The third-order valence-corrected chi connectivity index (χ3v) is 2.17. The average Bonchev–Trinajstić information content (AvgIpc) is 2.39. The maximum atomic E-state index is 10.9. The van der Waals surface area contributed by atoms with Gasteiger partial charge in [-0.3, -0.25) is 4.79 Å². The molecule has 0 radical (unpaired) electrons. The lowest BCUT2D eigenvalue weighted by Crippen LogP contribution is -2.40. The summed E-state index contributed by atoms with van der Waals surface area (Å²) in [7, 11) is 0. The highest BCUT2D eigenvalue weighted by molar-refractivity contribution is 5.77. The number of carbonyl (C=O) groups is 2. The van der Waals surface area contributed by atoms with Gasteiger partial charge in [0.25, 0.3) is 0 Å². The van der Waals surface area contributed by atoms with Crippen molar-refractivity contribution >= 4 is 12.4 Å². The summed E-state index contributed by atoms with van der Waals surface area (Å²) in [6, 6.07) is -0.908. The maximum Gasteiger partial charge on any atom is 0.327 e. The molecular weight excluding hydrogens is 194 g/mol. The van der Waals surface area contributed by atoms with E-state index in [-0.39, 0.29) is 5.92 Å². The number of hydrogen-bond donors (Lipinski definition) is 2. The van der Waals surface area contributed by atoms with Crippen LogP contribution in [0.4, 0.5) is 0 Å². The van der Waals surface area contributed by atoms with Gasteiger partial charge in [0.15, 0.2) is 0 Å². The molecule has 0 aliphatic heterocycles. The molecule has 4 heteroatoms. The maximum absolute atomic E-state index is 10.9. The van der Waals surface area contributed by atoms with Gasteiger partial charge in [-0.05, 0) is 6.92 Å². The standard InChI is InChI=1S/C11H13NO3/c1-8-3-2-4-9(6-5-8)10(11(14)15)12-7-13/h2-7,9-10H,1H3,(H,12,13)(H,14,15). The SMILES string of the molecule is CC1=CC=CC(C(NC=O)C(=O)O)C=C1. The van der Waals surface area contributed by atoms with E-state index in [0.29, 0.717) is 6.41 Å². The molecule has 15 heavy (non-hydrogen) atoms. The summed E-state index contributed by atoms with van der Waals surface area (Å²) in [5.41, 5.74) is 1.05. The second-order valence-corrected chi connectivity index (χ2v) is 3.33. The second kappa shape index (κ2) is 5.14. The first kappa shape index (κ1) is 11.2. The van der Waals surface area contributed by atoms with Gasteiger partial charge in [0, 0.05) is 5.92 Å². The Morgan fingerprint density at radius 3 is 2.93 bits per heavy atom. The Balaban J connectivity index is 2.82. The molecule has 80 valence electrons. The van der Waals surface area contributed by atoms with Crippen LogP contribution < -0.4 is 5.32 Å². The summed E-state index contributed by atoms with van der Waals surface area (Å²) in [4.78, 5) is 21.2. The van der Waals surface area contributed by atoms with E-state index >= 15 is 0 Å². The quantitative estimate of drug-likeness (QED) is 0.672. The van der Waals surface area contributed by atoms with Crippen LogP contribution >= 0.6 is 0 Å². The van der Waals surface area contributed by atoms with Crippen molar-refractivity contribution in [1.82, 2.24) is 5.32 Å². The monoisotopic (exact) mass is 207 g/mol. The zero-order chi connectivity index (χ0) is 11.3. The molecule has 0 heterocycles. The molecule has 0 saturated carbocycles. The Morgan fingerprint density at radius 1 is 1.60 bits per heavy atom. The first-order valence-corrected chi connectivity index (χ1v) is 4.61. The molecule has 2 atom stereocenters. The molecule has 1 aliphatic carbocycles. The molecule has 0 aromatic rings. The van der Waals surface area contributed by atoms with Gasteiger partial charge in [0.05, 0.1) is 0 Å². The lowest BCUT2D eigenvalue weighted by Gasteiger charge is -2.16. The molecule has 2 unspecified atom stereocenters. The molecule has 0 spiro atoms. The molecule has 1 amide bonds. The molecule has 0 aromatic carbocycles. The zero-order valence-corrected chi connectivity index (χ0v) is 8.38. The number of hydrogen-bond acceptors (Lipinski definition) is 2. The van der Waals surface area contributed by atoms with E-state index in [1.807, 2.05) is 19.1 Å². The van der Waals surface area contributed by atoms with Crippen molar-refractivity contribution in [2.75, 3.05) is 0 Å². The number of nitrogens with one attached hydrogen (secondary N) is 1. The summed E-state index contributed by atoms with van der Waals surface area (Å²) < 4.78 is 0. The predicted molar refractivity (Wildman–Crippen MR) is 56.2 cm³/mol. The molecular formula is C11H13NO3. The van der Waals surface area contributed by atoms with Gasteiger partial charge in [-0.25, -0.2) is 4.79 Å². The number of aliphatic carboxylic acids is 1. The number of allylic oxidation sites excluding steroid dienone is 4. The minimum atomic E-state index is -1.04. The van der Waals surface area contributed by atoms with Gasteiger partial charge in [-0.1, -0.05) is 36.0 Å². The van der Waals surface area contributed by atoms with Crippen molar-refractivity contribution in [3.8, 4) is 0 Å². The summed E-state index contributed by atoms with van der Waals surface area (Å²) >= 11 is 0. The fourth-order valence-electron chi connectivity index (χ4n) is 1.36. The predicted octanol–water partition coefficient (Wildman–Crippen LogP) is 0.874. The van der Waals surface area contributed by atoms with E-state index < -0.39 is 12.0 Å². The Hall–Kier alpha value is -1.84. The molecule has 0 bridgehead atoms. The summed E-state index contributed by atoms with van der Waals surface area (Å²) in [6.45, 7) is 1.92. The lowest BCUT2D eigenvalue weighted by atomic mass is 9.99. The highest BCUT2D eigenvalue weighted by Crippen LogP contribution is 2.13. The molecule has 0 saturated heterocycles. The first-order valence-electron chi connectivity index (χ1n) is 4.61. The normalized spacial score (nSPS) is 21.4. The highest BCUT2D eigenvalue weighted by atomic mass is 16.4. The Morgan fingerprint density at radius 2 is 2.33 bits per heavy atom. The van der Waals surface area contributed by atoms with Crippen LogP contribution in [0.3, 0.4) is 0 Å². The number of amides is 1. The molecule has 0 fully saturated rings. The van der Waals surface area contributed by atoms with Crippen LogP contribution in [-0.4, -0.2) is 23.5 Å². The van der Waals surface area contributed by atoms with E-state index in [2.05, 4.69) is 5.32 Å². The molecule has 1 aliphatic rings. The van der Waals surface area contributed by atoms with E-state index in [9.17, 15) is 9.59 Å². The van der Waals surface area contributed by atoms with Crippen LogP contribution in [0.5, 0.6) is 0 Å². The minimum absolute atomic E-state index is 0.318. The largest absolute Gasteiger partial charge is 0.480 e. The first-order chi connectivity index (χ1) is 7.15. The Kier molecular flexibility index (Phi) is 3.85. The topological polar surface area (TPSA) is 66.4 Å². The highest BCUT2D eigenvalue weighted by Gasteiger charge is 2.23. The van der Waals surface area contributed by atoms with Crippen molar-refractivity contribution in [2.45, 2.75) is 13.0 Å². The van der Waals surface area contributed by atoms with Crippen LogP contribution in [0, 0.1) is 5.92 Å². The van der Waals surface area contributed by atoms with Crippen LogP contribution in [0.2, 0.25) is 0 Å². The summed E-state index contributed by atoms with van der Waals surface area (Å²) in [5.74, 6) is -1.36. The van der Waals surface area contributed by atoms with Gasteiger partial charge in [-0.15, -0.1) is 0 Å². The van der Waals surface area contributed by atoms with E-state index in [1.165, 1.54) is 0 Å². The van der Waals surface area contributed by atoms with Crippen molar-refractivity contribution in [3.05, 3.63) is 36.0 Å². The molecule has 4 nitrogen and oxygen atoms in total. The van der Waals surface area contributed by atoms with Crippen LogP contribution in [0.15, 0.2) is 36.0 Å². The fraction of sp³-hybridized carbons (Fsp3) is 0.273. The Bertz CT molecular complexity index is 342. The fourth-order valence-corrected chi connectivity index (χ4v) is 1.36. The summed E-state index contributed by atoms with van der Waals surface area (Å²) in [5, 5.41) is 11.2. The van der Waals surface area contributed by atoms with Gasteiger partial charge < -0.3 is 10.4 Å². The van der Waals surface area contributed by atoms with E-state index in [0.717, 1.165) is 5.57 Å². The van der Waals surface area contributed by atoms with Gasteiger partial charge in [-0.2, -0.15) is 0 Å². The van der Waals surface area contributed by atoms with Crippen molar-refractivity contribution in [2.24, 2.45) is 5.92 Å². The smallest absolute Gasteiger partial charge is 0.327 e. The van der Waals surface area contributed by atoms with E-state index in [4.69, 9.17) is 5.11 Å². The molecule has 1 rings (SSSR count). The van der Waals surface area contributed by atoms with Crippen molar-refractivity contribution in [1.29, 1.82) is 0 Å². The van der Waals surface area contributed by atoms with Crippen LogP contribution in [-0.2, 0) is 9.59 Å².